The normalized spacial score (nSPS) is 24.6. The van der Waals surface area contributed by atoms with Crippen LogP contribution >= 0.6 is 0 Å². The molecule has 3 heteroatoms. The molecular weight excluding hydrogens is 216 g/mol. The molecule has 3 nitrogen and oxygen atoms in total. The zero-order valence-corrected chi connectivity index (χ0v) is 9.69. The van der Waals surface area contributed by atoms with Crippen molar-refractivity contribution in [1.29, 1.82) is 0 Å². The van der Waals surface area contributed by atoms with Gasteiger partial charge in [0.25, 0.3) is 0 Å². The zero-order valence-electron chi connectivity index (χ0n) is 9.69. The van der Waals surface area contributed by atoms with Crippen LogP contribution in [0.5, 0.6) is 0 Å². The summed E-state index contributed by atoms with van der Waals surface area (Å²) in [5.41, 5.74) is -0.260. The molecule has 0 aliphatic heterocycles. The summed E-state index contributed by atoms with van der Waals surface area (Å²) in [6, 6.07) is 9.40. The number of carbonyl (C=O) groups is 2. The van der Waals surface area contributed by atoms with Crippen LogP contribution in [0.25, 0.3) is 0 Å². The van der Waals surface area contributed by atoms with Crippen LogP contribution in [0, 0.1) is 5.41 Å². The number of rotatable bonds is 3. The van der Waals surface area contributed by atoms with E-state index in [-0.39, 0.29) is 5.78 Å². The molecule has 0 saturated heterocycles. The van der Waals surface area contributed by atoms with E-state index in [1.807, 2.05) is 30.3 Å². The van der Waals surface area contributed by atoms with Crippen molar-refractivity contribution in [2.75, 3.05) is 0 Å². The molecule has 1 aromatic carbocycles. The van der Waals surface area contributed by atoms with Gasteiger partial charge in [0.05, 0.1) is 0 Å². The Morgan fingerprint density at radius 1 is 1.24 bits per heavy atom. The molecule has 1 atom stereocenters. The summed E-state index contributed by atoms with van der Waals surface area (Å²) in [5, 5.41) is 9.40. The van der Waals surface area contributed by atoms with Gasteiger partial charge in [-0.05, 0) is 24.8 Å². The highest BCUT2D eigenvalue weighted by atomic mass is 16.4. The van der Waals surface area contributed by atoms with Gasteiger partial charge in [-0.2, -0.15) is 0 Å². The lowest BCUT2D eigenvalue weighted by atomic mass is 9.69. The lowest BCUT2D eigenvalue weighted by Gasteiger charge is -2.31. The number of Topliss-reactive ketones (excluding diaryl/α,β-unsaturated/α-hetero) is 1. The number of benzene rings is 1. The predicted molar refractivity (Wildman–Crippen MR) is 63.7 cm³/mol. The van der Waals surface area contributed by atoms with Crippen LogP contribution in [0.3, 0.4) is 0 Å². The van der Waals surface area contributed by atoms with Gasteiger partial charge < -0.3 is 5.11 Å². The smallest absolute Gasteiger partial charge is 0.317 e. The van der Waals surface area contributed by atoms with Gasteiger partial charge in [-0.15, -0.1) is 0 Å². The Labute approximate surface area is 100 Å². The number of aliphatic carboxylic acids is 1. The molecule has 1 aliphatic rings. The quantitative estimate of drug-likeness (QED) is 0.814. The first-order chi connectivity index (χ1) is 8.15. The fraction of sp³-hybridized carbons (Fsp3) is 0.429. The second-order valence-electron chi connectivity index (χ2n) is 4.68. The van der Waals surface area contributed by atoms with E-state index in [4.69, 9.17) is 0 Å². The molecule has 2 rings (SSSR count). The number of ketones is 1. The Bertz CT molecular complexity index is 424. The highest BCUT2D eigenvalue weighted by molar-refractivity contribution is 6.03. The van der Waals surface area contributed by atoms with Crippen LogP contribution in [0.1, 0.15) is 31.2 Å². The third-order valence-electron chi connectivity index (χ3n) is 3.55. The average molecular weight is 232 g/mol. The summed E-state index contributed by atoms with van der Waals surface area (Å²) in [4.78, 5) is 23.5. The van der Waals surface area contributed by atoms with Gasteiger partial charge in [-0.25, -0.2) is 0 Å². The van der Waals surface area contributed by atoms with Gasteiger partial charge in [0, 0.05) is 6.42 Å². The minimum Gasteiger partial charge on any atom is -0.480 e. The Kier molecular flexibility index (Phi) is 3.27. The number of hydrogen-bond acceptors (Lipinski definition) is 2. The van der Waals surface area contributed by atoms with Crippen LogP contribution in [0.15, 0.2) is 30.3 Å². The van der Waals surface area contributed by atoms with Crippen molar-refractivity contribution in [2.24, 2.45) is 5.41 Å². The van der Waals surface area contributed by atoms with Crippen molar-refractivity contribution >= 4 is 11.8 Å². The Hall–Kier alpha value is -1.64. The molecule has 0 heterocycles. The van der Waals surface area contributed by atoms with E-state index < -0.39 is 11.4 Å². The van der Waals surface area contributed by atoms with E-state index in [1.165, 1.54) is 0 Å². The lowest BCUT2D eigenvalue weighted by Crippen LogP contribution is -2.43. The molecule has 90 valence electrons. The maximum absolute atomic E-state index is 12.0. The first-order valence-corrected chi connectivity index (χ1v) is 5.96. The van der Waals surface area contributed by atoms with E-state index in [9.17, 15) is 14.7 Å². The summed E-state index contributed by atoms with van der Waals surface area (Å²) >= 11 is 0. The lowest BCUT2D eigenvalue weighted by molar-refractivity contribution is -0.157. The Morgan fingerprint density at radius 2 is 1.94 bits per heavy atom. The van der Waals surface area contributed by atoms with Crippen molar-refractivity contribution in [3.8, 4) is 0 Å². The topological polar surface area (TPSA) is 54.4 Å². The molecule has 0 radical (unpaired) electrons. The predicted octanol–water partition coefficient (Wildman–Crippen LogP) is 2.44. The van der Waals surface area contributed by atoms with Gasteiger partial charge in [0.2, 0.25) is 0 Å². The van der Waals surface area contributed by atoms with Gasteiger partial charge >= 0.3 is 5.97 Å². The fourth-order valence-corrected chi connectivity index (χ4v) is 2.52. The Morgan fingerprint density at radius 3 is 2.53 bits per heavy atom. The van der Waals surface area contributed by atoms with E-state index in [0.29, 0.717) is 19.3 Å². The molecule has 1 fully saturated rings. The molecule has 0 amide bonds. The van der Waals surface area contributed by atoms with Gasteiger partial charge in [-0.1, -0.05) is 36.8 Å². The summed E-state index contributed by atoms with van der Waals surface area (Å²) in [6.45, 7) is 0. The van der Waals surface area contributed by atoms with E-state index in [0.717, 1.165) is 18.4 Å². The number of carbonyl (C=O) groups excluding carboxylic acids is 1. The van der Waals surface area contributed by atoms with Crippen LogP contribution in [-0.4, -0.2) is 16.9 Å². The van der Waals surface area contributed by atoms with Crippen molar-refractivity contribution < 1.29 is 14.7 Å². The molecule has 0 bridgehead atoms. The van der Waals surface area contributed by atoms with Gasteiger partial charge in [0.1, 0.15) is 5.41 Å². The summed E-state index contributed by atoms with van der Waals surface area (Å²) in [5.74, 6) is -1.08. The molecule has 1 aromatic rings. The van der Waals surface area contributed by atoms with Gasteiger partial charge in [-0.3, -0.25) is 9.59 Å². The Balaban J connectivity index is 2.29. The van der Waals surface area contributed by atoms with Crippen LogP contribution in [0.2, 0.25) is 0 Å². The molecule has 1 saturated carbocycles. The molecule has 1 unspecified atom stereocenters. The SMILES string of the molecule is O=C(O)C1(Cc2ccccc2)CCCCC1=O. The third-order valence-corrected chi connectivity index (χ3v) is 3.55. The first kappa shape index (κ1) is 11.8. The fourth-order valence-electron chi connectivity index (χ4n) is 2.52. The molecule has 17 heavy (non-hydrogen) atoms. The van der Waals surface area contributed by atoms with Crippen molar-refractivity contribution in [3.05, 3.63) is 35.9 Å². The van der Waals surface area contributed by atoms with E-state index >= 15 is 0 Å². The van der Waals surface area contributed by atoms with Crippen molar-refractivity contribution in [1.82, 2.24) is 0 Å². The number of carboxylic acid groups (broad SMARTS) is 1. The highest BCUT2D eigenvalue weighted by Crippen LogP contribution is 2.36. The van der Waals surface area contributed by atoms with Crippen LogP contribution in [-0.2, 0) is 16.0 Å². The van der Waals surface area contributed by atoms with Crippen molar-refractivity contribution in [2.45, 2.75) is 32.1 Å². The highest BCUT2D eigenvalue weighted by Gasteiger charge is 2.46. The van der Waals surface area contributed by atoms with Crippen LogP contribution in [0.4, 0.5) is 0 Å². The minimum atomic E-state index is -1.18. The molecule has 0 spiro atoms. The number of hydrogen-bond donors (Lipinski definition) is 1. The molecular formula is C14H16O3. The standard InChI is InChI=1S/C14H16O3/c15-12-8-4-5-9-14(12,13(16)17)10-11-6-2-1-3-7-11/h1-3,6-7H,4-5,8-10H2,(H,16,17). The minimum absolute atomic E-state index is 0.111. The average Bonchev–Trinajstić information content (AvgIpc) is 2.33. The monoisotopic (exact) mass is 232 g/mol. The van der Waals surface area contributed by atoms with E-state index in [2.05, 4.69) is 0 Å². The number of carboxylic acids is 1. The van der Waals surface area contributed by atoms with Crippen molar-refractivity contribution in [3.63, 3.8) is 0 Å². The maximum atomic E-state index is 12.0. The third kappa shape index (κ3) is 2.23. The summed E-state index contributed by atoms with van der Waals surface area (Å²) < 4.78 is 0. The second kappa shape index (κ2) is 4.70. The van der Waals surface area contributed by atoms with Gasteiger partial charge in [0.15, 0.2) is 5.78 Å². The summed E-state index contributed by atoms with van der Waals surface area (Å²) in [6.07, 6.45) is 2.84. The summed E-state index contributed by atoms with van der Waals surface area (Å²) in [7, 11) is 0. The molecule has 0 aromatic heterocycles. The maximum Gasteiger partial charge on any atom is 0.317 e. The van der Waals surface area contributed by atoms with E-state index in [1.54, 1.807) is 0 Å². The molecule has 1 N–H and O–H groups in total. The second-order valence-corrected chi connectivity index (χ2v) is 4.68. The first-order valence-electron chi connectivity index (χ1n) is 5.96. The molecule has 1 aliphatic carbocycles. The largest absolute Gasteiger partial charge is 0.480 e. The van der Waals surface area contributed by atoms with Crippen LogP contribution < -0.4 is 0 Å². The zero-order chi connectivity index (χ0) is 12.3.